The molecule has 0 rings (SSSR count). The molecule has 21 heavy (non-hydrogen) atoms. The van der Waals surface area contributed by atoms with Crippen molar-refractivity contribution in [2.75, 3.05) is 6.61 Å². The molecule has 3 N–H and O–H groups in total. The van der Waals surface area contributed by atoms with Gasteiger partial charge in [-0.05, 0) is 6.42 Å². The Balaban J connectivity index is 4.75. The van der Waals surface area contributed by atoms with Crippen molar-refractivity contribution in [1.29, 1.82) is 0 Å². The Kier molecular flexibility index (Phi) is 8.48. The molecule has 0 aliphatic carbocycles. The summed E-state index contributed by atoms with van der Waals surface area (Å²) in [6.07, 6.45) is 0.267. The summed E-state index contributed by atoms with van der Waals surface area (Å²) >= 11 is 0. The lowest BCUT2D eigenvalue weighted by Gasteiger charge is -2.32. The minimum atomic E-state index is -2.08. The van der Waals surface area contributed by atoms with Crippen molar-refractivity contribution in [3.63, 3.8) is 0 Å². The molecular formula is C13H20O8. The third-order valence-electron chi connectivity index (χ3n) is 2.80. The van der Waals surface area contributed by atoms with E-state index in [1.807, 2.05) is 6.92 Å². The van der Waals surface area contributed by atoms with Gasteiger partial charge in [0.05, 0.1) is 12.2 Å². The van der Waals surface area contributed by atoms with Gasteiger partial charge in [0.25, 0.3) is 0 Å². The third kappa shape index (κ3) is 5.64. The van der Waals surface area contributed by atoms with Crippen molar-refractivity contribution in [1.82, 2.24) is 0 Å². The van der Waals surface area contributed by atoms with Crippen molar-refractivity contribution in [3.05, 3.63) is 24.8 Å². The molecule has 120 valence electrons. The fraction of sp³-hybridized carbons (Fsp3) is 0.538. The van der Waals surface area contributed by atoms with E-state index in [0.29, 0.717) is 12.8 Å². The van der Waals surface area contributed by atoms with Crippen molar-refractivity contribution in [2.45, 2.75) is 37.9 Å². The van der Waals surface area contributed by atoms with Gasteiger partial charge >= 0.3 is 11.9 Å². The van der Waals surface area contributed by atoms with Gasteiger partial charge in [0.15, 0.2) is 0 Å². The molecule has 0 saturated carbocycles. The van der Waals surface area contributed by atoms with E-state index in [1.165, 1.54) is 0 Å². The Bertz CT molecular complexity index is 392. The zero-order chi connectivity index (χ0) is 16.5. The first-order chi connectivity index (χ1) is 9.83. The molecule has 0 saturated heterocycles. The Morgan fingerprint density at radius 2 is 2.00 bits per heavy atom. The second-order valence-electron chi connectivity index (χ2n) is 4.25. The summed E-state index contributed by atoms with van der Waals surface area (Å²) in [6, 6.07) is 0. The predicted molar refractivity (Wildman–Crippen MR) is 70.2 cm³/mol. The lowest BCUT2D eigenvalue weighted by Crippen LogP contribution is -2.48. The van der Waals surface area contributed by atoms with Crippen LogP contribution in [0.1, 0.15) is 26.2 Å². The molecular weight excluding hydrogens is 284 g/mol. The van der Waals surface area contributed by atoms with Gasteiger partial charge in [-0.15, -0.1) is 0 Å². The van der Waals surface area contributed by atoms with Crippen molar-refractivity contribution < 1.29 is 39.7 Å². The summed E-state index contributed by atoms with van der Waals surface area (Å²) in [5, 5.41) is 32.8. The number of unbranched alkanes of at least 4 members (excludes halogenated alkanes) is 1. The van der Waals surface area contributed by atoms with Gasteiger partial charge in [0.1, 0.15) is 11.7 Å². The van der Waals surface area contributed by atoms with E-state index >= 15 is 0 Å². The number of aliphatic hydroxyl groups excluding tert-OH is 2. The highest BCUT2D eigenvalue weighted by atomic mass is 17.5. The molecule has 0 aliphatic rings. The average molecular weight is 304 g/mol. The maximum absolute atomic E-state index is 11.6. The minimum absolute atomic E-state index is 0.0222. The molecule has 0 aliphatic heterocycles. The summed E-state index contributed by atoms with van der Waals surface area (Å²) in [5.41, 5.74) is -2.61. The molecule has 8 heteroatoms. The SMILES string of the molecule is C=CC(=O)OOOC(=O)C(=C)C(O)(CCCC)C(O)CO. The maximum atomic E-state index is 11.6. The number of carbonyl (C=O) groups excluding carboxylic acids is 2. The van der Waals surface area contributed by atoms with E-state index in [1.54, 1.807) is 0 Å². The fourth-order valence-electron chi connectivity index (χ4n) is 1.46. The number of carbonyl (C=O) groups is 2. The van der Waals surface area contributed by atoms with E-state index in [4.69, 9.17) is 5.11 Å². The lowest BCUT2D eigenvalue weighted by atomic mass is 9.84. The van der Waals surface area contributed by atoms with E-state index < -0.39 is 35.8 Å². The van der Waals surface area contributed by atoms with E-state index in [0.717, 1.165) is 6.08 Å². The quantitative estimate of drug-likeness (QED) is 0.291. The van der Waals surface area contributed by atoms with Gasteiger partial charge in [-0.2, -0.15) is 0 Å². The smallest absolute Gasteiger partial charge is 0.375 e. The molecule has 2 atom stereocenters. The molecule has 0 aromatic heterocycles. The summed E-state index contributed by atoms with van der Waals surface area (Å²) in [6.45, 7) is 7.48. The zero-order valence-corrected chi connectivity index (χ0v) is 11.8. The van der Waals surface area contributed by atoms with Crippen molar-refractivity contribution in [2.24, 2.45) is 0 Å². The van der Waals surface area contributed by atoms with Crippen LogP contribution >= 0.6 is 0 Å². The second-order valence-corrected chi connectivity index (χ2v) is 4.25. The maximum Gasteiger partial charge on any atom is 0.375 e. The highest BCUT2D eigenvalue weighted by Crippen LogP contribution is 2.27. The average Bonchev–Trinajstić information content (AvgIpc) is 2.50. The summed E-state index contributed by atoms with van der Waals surface area (Å²) in [4.78, 5) is 30.4. The van der Waals surface area contributed by atoms with Crippen LogP contribution in [0.15, 0.2) is 24.8 Å². The normalized spacial score (nSPS) is 14.7. The molecule has 0 spiro atoms. The van der Waals surface area contributed by atoms with Crippen molar-refractivity contribution >= 4 is 11.9 Å². The van der Waals surface area contributed by atoms with Gasteiger partial charge in [-0.3, -0.25) is 9.78 Å². The second kappa shape index (κ2) is 9.24. The van der Waals surface area contributed by atoms with Crippen LogP contribution in [-0.4, -0.2) is 45.6 Å². The Morgan fingerprint density at radius 1 is 1.38 bits per heavy atom. The van der Waals surface area contributed by atoms with Crippen LogP contribution in [0.4, 0.5) is 0 Å². The Morgan fingerprint density at radius 3 is 2.48 bits per heavy atom. The Hall–Kier alpha value is -1.74. The van der Waals surface area contributed by atoms with E-state index in [9.17, 15) is 19.8 Å². The summed E-state index contributed by atoms with van der Waals surface area (Å²) in [7, 11) is 0. The van der Waals surface area contributed by atoms with E-state index in [2.05, 4.69) is 28.0 Å². The molecule has 2 unspecified atom stereocenters. The standard InChI is InChI=1S/C13H20O8/c1-4-6-7-13(18,10(15)8-14)9(3)12(17)20-21-19-11(16)5-2/h5,10,14-15,18H,2-4,6-8H2,1H3. The van der Waals surface area contributed by atoms with Crippen LogP contribution in [0, 0.1) is 0 Å². The number of aliphatic hydroxyl groups is 3. The van der Waals surface area contributed by atoms with Crippen LogP contribution in [0.5, 0.6) is 0 Å². The van der Waals surface area contributed by atoms with Gasteiger partial charge in [0.2, 0.25) is 0 Å². The van der Waals surface area contributed by atoms with Gasteiger partial charge in [-0.1, -0.05) is 32.9 Å². The summed E-state index contributed by atoms with van der Waals surface area (Å²) < 4.78 is 0. The highest BCUT2D eigenvalue weighted by Gasteiger charge is 2.42. The van der Waals surface area contributed by atoms with E-state index in [-0.39, 0.29) is 6.42 Å². The molecule has 8 nitrogen and oxygen atoms in total. The topological polar surface area (TPSA) is 123 Å². The third-order valence-corrected chi connectivity index (χ3v) is 2.80. The summed E-state index contributed by atoms with van der Waals surface area (Å²) in [5.74, 6) is -2.25. The van der Waals surface area contributed by atoms with Crippen LogP contribution in [0.2, 0.25) is 0 Å². The molecule has 0 radical (unpaired) electrons. The van der Waals surface area contributed by atoms with Crippen LogP contribution in [0.25, 0.3) is 0 Å². The Labute approximate surface area is 122 Å². The molecule has 0 aromatic rings. The zero-order valence-electron chi connectivity index (χ0n) is 11.8. The predicted octanol–water partition coefficient (Wildman–Crippen LogP) is -0.0639. The first-order valence-corrected chi connectivity index (χ1v) is 6.26. The van der Waals surface area contributed by atoms with Gasteiger partial charge in [-0.25, -0.2) is 9.59 Å². The molecule has 0 bridgehead atoms. The first kappa shape index (κ1) is 19.3. The van der Waals surface area contributed by atoms with Crippen LogP contribution < -0.4 is 0 Å². The lowest BCUT2D eigenvalue weighted by molar-refractivity contribution is -0.456. The minimum Gasteiger partial charge on any atom is -0.394 e. The van der Waals surface area contributed by atoms with Crippen LogP contribution in [-0.2, 0) is 24.4 Å². The highest BCUT2D eigenvalue weighted by molar-refractivity contribution is 5.89. The van der Waals surface area contributed by atoms with Crippen molar-refractivity contribution in [3.8, 4) is 0 Å². The van der Waals surface area contributed by atoms with Crippen LogP contribution in [0.3, 0.4) is 0 Å². The number of hydrogen-bond donors (Lipinski definition) is 3. The largest absolute Gasteiger partial charge is 0.394 e. The molecule has 0 fully saturated rings. The number of rotatable bonds is 10. The first-order valence-electron chi connectivity index (χ1n) is 6.26. The molecule has 0 heterocycles. The molecule has 0 aromatic carbocycles. The van der Waals surface area contributed by atoms with Gasteiger partial charge < -0.3 is 15.3 Å². The van der Waals surface area contributed by atoms with Gasteiger partial charge in [0, 0.05) is 11.1 Å². The number of hydrogen-bond acceptors (Lipinski definition) is 8. The fourth-order valence-corrected chi connectivity index (χ4v) is 1.46. The monoisotopic (exact) mass is 304 g/mol. The molecule has 0 amide bonds.